The van der Waals surface area contributed by atoms with Crippen molar-refractivity contribution >= 4 is 28.8 Å². The van der Waals surface area contributed by atoms with Crippen LogP contribution in [0.4, 0.5) is 0 Å². The molecule has 0 N–H and O–H groups in total. The van der Waals surface area contributed by atoms with Crippen LogP contribution in [-0.2, 0) is 6.54 Å². The molecule has 0 unspecified atom stereocenters. The highest BCUT2D eigenvalue weighted by atomic mass is 35.5. The topological polar surface area (TPSA) is 46.1 Å². The summed E-state index contributed by atoms with van der Waals surface area (Å²) in [6.07, 6.45) is 3.12. The van der Waals surface area contributed by atoms with Crippen LogP contribution in [0.5, 0.6) is 0 Å². The van der Waals surface area contributed by atoms with E-state index in [9.17, 15) is 4.79 Å². The summed E-state index contributed by atoms with van der Waals surface area (Å²) in [5, 5.41) is 0. The zero-order chi connectivity index (χ0) is 13.8. The average molecular weight is 296 g/mol. The van der Waals surface area contributed by atoms with Gasteiger partial charge in [-0.15, -0.1) is 11.3 Å². The van der Waals surface area contributed by atoms with E-state index >= 15 is 0 Å². The van der Waals surface area contributed by atoms with Crippen molar-refractivity contribution in [3.05, 3.63) is 45.1 Å². The molecule has 0 fully saturated rings. The zero-order valence-electron chi connectivity index (χ0n) is 10.8. The largest absolute Gasteiger partial charge is 0.332 e. The van der Waals surface area contributed by atoms with Gasteiger partial charge in [0.2, 0.25) is 0 Å². The molecule has 6 heteroatoms. The fourth-order valence-corrected chi connectivity index (χ4v) is 2.72. The molecule has 100 valence electrons. The molecule has 0 aromatic carbocycles. The van der Waals surface area contributed by atoms with E-state index in [2.05, 4.69) is 9.97 Å². The second kappa shape index (κ2) is 6.12. The zero-order valence-corrected chi connectivity index (χ0v) is 12.3. The second-order valence-electron chi connectivity index (χ2n) is 4.07. The Labute approximate surface area is 121 Å². The van der Waals surface area contributed by atoms with Crippen LogP contribution in [0.25, 0.3) is 0 Å². The number of hydrogen-bond acceptors (Lipinski definition) is 4. The van der Waals surface area contributed by atoms with E-state index in [0.29, 0.717) is 18.8 Å². The van der Waals surface area contributed by atoms with Gasteiger partial charge in [0.05, 0.1) is 22.8 Å². The van der Waals surface area contributed by atoms with Gasteiger partial charge in [-0.1, -0.05) is 11.6 Å². The summed E-state index contributed by atoms with van der Waals surface area (Å²) in [6.45, 7) is 4.94. The Hall–Kier alpha value is -1.46. The van der Waals surface area contributed by atoms with Crippen LogP contribution in [0, 0.1) is 6.92 Å². The van der Waals surface area contributed by atoms with Crippen molar-refractivity contribution in [2.45, 2.75) is 20.4 Å². The van der Waals surface area contributed by atoms with Gasteiger partial charge in [-0.2, -0.15) is 0 Å². The van der Waals surface area contributed by atoms with Crippen molar-refractivity contribution in [2.24, 2.45) is 0 Å². The van der Waals surface area contributed by atoms with Crippen molar-refractivity contribution in [2.75, 3.05) is 6.54 Å². The van der Waals surface area contributed by atoms with Gasteiger partial charge in [-0.25, -0.2) is 4.98 Å². The molecular weight excluding hydrogens is 282 g/mol. The summed E-state index contributed by atoms with van der Waals surface area (Å²) in [5.41, 5.74) is 1.17. The molecule has 2 heterocycles. The van der Waals surface area contributed by atoms with Gasteiger partial charge in [-0.3, -0.25) is 9.78 Å². The van der Waals surface area contributed by atoms with Crippen molar-refractivity contribution in [3.8, 4) is 0 Å². The lowest BCUT2D eigenvalue weighted by Crippen LogP contribution is -2.30. The molecule has 0 radical (unpaired) electrons. The van der Waals surface area contributed by atoms with Gasteiger partial charge in [0.1, 0.15) is 5.69 Å². The summed E-state index contributed by atoms with van der Waals surface area (Å²) in [5.74, 6) is -0.112. The Morgan fingerprint density at radius 3 is 2.68 bits per heavy atom. The van der Waals surface area contributed by atoms with E-state index in [4.69, 9.17) is 11.6 Å². The van der Waals surface area contributed by atoms with Crippen molar-refractivity contribution in [3.63, 3.8) is 0 Å². The Morgan fingerprint density at radius 1 is 1.37 bits per heavy atom. The molecule has 1 amide bonds. The number of hydrogen-bond donors (Lipinski definition) is 0. The van der Waals surface area contributed by atoms with Gasteiger partial charge in [-0.05, 0) is 26.0 Å². The van der Waals surface area contributed by atoms with E-state index in [1.54, 1.807) is 11.1 Å². The van der Waals surface area contributed by atoms with E-state index in [-0.39, 0.29) is 5.91 Å². The lowest BCUT2D eigenvalue weighted by atomic mass is 10.3. The summed E-state index contributed by atoms with van der Waals surface area (Å²) >= 11 is 7.38. The van der Waals surface area contributed by atoms with Gasteiger partial charge in [0, 0.05) is 17.6 Å². The molecule has 0 aliphatic rings. The van der Waals surface area contributed by atoms with E-state index in [1.807, 2.05) is 26.0 Å². The predicted octanol–water partition coefficient (Wildman–Crippen LogP) is 3.16. The molecule has 19 heavy (non-hydrogen) atoms. The maximum absolute atomic E-state index is 12.3. The lowest BCUT2D eigenvalue weighted by molar-refractivity contribution is 0.0747. The van der Waals surface area contributed by atoms with Crippen LogP contribution in [0.3, 0.4) is 0 Å². The lowest BCUT2D eigenvalue weighted by Gasteiger charge is -2.19. The first-order valence-corrected chi connectivity index (χ1v) is 7.11. The number of aryl methyl sites for hydroxylation is 1. The summed E-state index contributed by atoms with van der Waals surface area (Å²) < 4.78 is 0.730. The number of rotatable bonds is 4. The Morgan fingerprint density at radius 2 is 2.16 bits per heavy atom. The third-order valence-corrected chi connectivity index (χ3v) is 3.86. The van der Waals surface area contributed by atoms with Crippen LogP contribution in [0.15, 0.2) is 24.5 Å². The van der Waals surface area contributed by atoms with Crippen LogP contribution in [0.1, 0.15) is 28.0 Å². The number of thiophene rings is 1. The molecule has 0 atom stereocenters. The number of halogens is 1. The average Bonchev–Trinajstić information content (AvgIpc) is 2.81. The first-order valence-electron chi connectivity index (χ1n) is 5.92. The molecule has 0 saturated carbocycles. The highest BCUT2D eigenvalue weighted by Gasteiger charge is 2.16. The Balaban J connectivity index is 2.12. The van der Waals surface area contributed by atoms with Crippen LogP contribution in [-0.4, -0.2) is 27.3 Å². The first-order chi connectivity index (χ1) is 9.10. The van der Waals surface area contributed by atoms with Crippen LogP contribution < -0.4 is 0 Å². The molecule has 2 rings (SSSR count). The Kier molecular flexibility index (Phi) is 4.50. The molecule has 0 spiro atoms. The second-order valence-corrected chi connectivity index (χ2v) is 5.87. The van der Waals surface area contributed by atoms with E-state index in [1.165, 1.54) is 17.5 Å². The summed E-state index contributed by atoms with van der Waals surface area (Å²) in [7, 11) is 0. The monoisotopic (exact) mass is 295 g/mol. The molecule has 0 aliphatic heterocycles. The molecule has 0 saturated heterocycles. The molecule has 0 bridgehead atoms. The third kappa shape index (κ3) is 3.52. The van der Waals surface area contributed by atoms with E-state index in [0.717, 1.165) is 14.9 Å². The molecular formula is C13H14ClN3OS. The fourth-order valence-electron chi connectivity index (χ4n) is 1.62. The van der Waals surface area contributed by atoms with E-state index < -0.39 is 0 Å². The summed E-state index contributed by atoms with van der Waals surface area (Å²) in [6, 6.07) is 3.77. The maximum Gasteiger partial charge on any atom is 0.274 e. The highest BCUT2D eigenvalue weighted by Crippen LogP contribution is 2.23. The summed E-state index contributed by atoms with van der Waals surface area (Å²) in [4.78, 5) is 23.3. The molecule has 2 aromatic rings. The highest BCUT2D eigenvalue weighted by molar-refractivity contribution is 7.16. The quantitative estimate of drug-likeness (QED) is 0.870. The van der Waals surface area contributed by atoms with Crippen LogP contribution in [0.2, 0.25) is 4.34 Å². The van der Waals surface area contributed by atoms with Crippen molar-refractivity contribution in [1.29, 1.82) is 0 Å². The first kappa shape index (κ1) is 14.0. The van der Waals surface area contributed by atoms with Gasteiger partial charge >= 0.3 is 0 Å². The number of carbonyl (C=O) groups is 1. The molecule has 0 aliphatic carbocycles. The molecule has 2 aromatic heterocycles. The SMILES string of the molecule is CCN(Cc1ccc(Cl)s1)C(=O)c1cnc(C)cn1. The van der Waals surface area contributed by atoms with Gasteiger partial charge in [0.15, 0.2) is 0 Å². The van der Waals surface area contributed by atoms with Crippen LogP contribution >= 0.6 is 22.9 Å². The van der Waals surface area contributed by atoms with Crippen molar-refractivity contribution < 1.29 is 4.79 Å². The number of amides is 1. The minimum absolute atomic E-state index is 0.112. The third-order valence-electron chi connectivity index (χ3n) is 2.64. The normalized spacial score (nSPS) is 10.5. The maximum atomic E-state index is 12.3. The van der Waals surface area contributed by atoms with Gasteiger partial charge in [0.25, 0.3) is 5.91 Å². The number of aromatic nitrogens is 2. The predicted molar refractivity (Wildman–Crippen MR) is 76.5 cm³/mol. The fraction of sp³-hybridized carbons (Fsp3) is 0.308. The standard InChI is InChI=1S/C13H14ClN3OS/c1-3-17(8-10-4-5-12(14)19-10)13(18)11-7-15-9(2)6-16-11/h4-7H,3,8H2,1-2H3. The smallest absolute Gasteiger partial charge is 0.274 e. The molecule has 4 nitrogen and oxygen atoms in total. The van der Waals surface area contributed by atoms with Gasteiger partial charge < -0.3 is 4.90 Å². The minimum Gasteiger partial charge on any atom is -0.332 e. The number of nitrogens with zero attached hydrogens (tertiary/aromatic N) is 3. The van der Waals surface area contributed by atoms with Crippen molar-refractivity contribution in [1.82, 2.24) is 14.9 Å². The number of carbonyl (C=O) groups excluding carboxylic acids is 1. The Bertz CT molecular complexity index is 568. The minimum atomic E-state index is -0.112.